The highest BCUT2D eigenvalue weighted by Crippen LogP contribution is 2.31. The van der Waals surface area contributed by atoms with E-state index in [2.05, 4.69) is 25.9 Å². The van der Waals surface area contributed by atoms with Gasteiger partial charge >= 0.3 is 6.03 Å². The molecule has 0 bridgehead atoms. The van der Waals surface area contributed by atoms with Gasteiger partial charge < -0.3 is 15.4 Å². The van der Waals surface area contributed by atoms with Crippen molar-refractivity contribution in [2.24, 2.45) is 0 Å². The summed E-state index contributed by atoms with van der Waals surface area (Å²) in [4.78, 5) is 32.3. The Kier molecular flexibility index (Phi) is 7.29. The van der Waals surface area contributed by atoms with Gasteiger partial charge in [0.05, 0.1) is 6.61 Å². The first kappa shape index (κ1) is 21.2. The van der Waals surface area contributed by atoms with Gasteiger partial charge in [-0.15, -0.1) is 0 Å². The third-order valence-corrected chi connectivity index (χ3v) is 4.57. The fourth-order valence-electron chi connectivity index (χ4n) is 3.10. The molecule has 1 aromatic carbocycles. The molecule has 8 heteroatoms. The van der Waals surface area contributed by atoms with Gasteiger partial charge in [0.1, 0.15) is 5.82 Å². The SMILES string of the molecule is CCNC(=O)Nc1cc2c(-c3ccncc3)ccc(CNC(=O)CCOC)c2cn1. The summed E-state index contributed by atoms with van der Waals surface area (Å²) in [5, 5.41) is 10.2. The number of urea groups is 1. The number of benzene rings is 1. The second kappa shape index (κ2) is 10.3. The average Bonchev–Trinajstić information content (AvgIpc) is 2.76. The molecule has 2 aromatic heterocycles. The van der Waals surface area contributed by atoms with E-state index in [1.165, 1.54) is 0 Å². The molecule has 3 rings (SSSR count). The lowest BCUT2D eigenvalue weighted by Crippen LogP contribution is -2.28. The van der Waals surface area contributed by atoms with Crippen LogP contribution < -0.4 is 16.0 Å². The maximum atomic E-state index is 12.0. The molecule has 0 spiro atoms. The predicted molar refractivity (Wildman–Crippen MR) is 116 cm³/mol. The van der Waals surface area contributed by atoms with Crippen molar-refractivity contribution in [1.29, 1.82) is 0 Å². The number of methoxy groups -OCH3 is 1. The Morgan fingerprint density at radius 3 is 2.60 bits per heavy atom. The quantitative estimate of drug-likeness (QED) is 0.532. The summed E-state index contributed by atoms with van der Waals surface area (Å²) in [6, 6.07) is 9.38. The number of fused-ring (bicyclic) bond motifs is 1. The number of nitrogens with one attached hydrogen (secondary N) is 3. The van der Waals surface area contributed by atoms with Gasteiger partial charge in [-0.2, -0.15) is 0 Å². The number of pyridine rings is 2. The number of nitrogens with zero attached hydrogens (tertiary/aromatic N) is 2. The summed E-state index contributed by atoms with van der Waals surface area (Å²) < 4.78 is 4.95. The minimum atomic E-state index is -0.309. The van der Waals surface area contributed by atoms with E-state index in [0.717, 1.165) is 27.5 Å². The molecule has 156 valence electrons. The van der Waals surface area contributed by atoms with Crippen LogP contribution in [0, 0.1) is 0 Å². The van der Waals surface area contributed by atoms with Crippen LogP contribution in [-0.2, 0) is 16.1 Å². The second-order valence-corrected chi connectivity index (χ2v) is 6.63. The van der Waals surface area contributed by atoms with Crippen molar-refractivity contribution >= 4 is 28.5 Å². The number of ether oxygens (including phenoxy) is 1. The molecule has 2 heterocycles. The minimum absolute atomic E-state index is 0.0781. The van der Waals surface area contributed by atoms with E-state index in [9.17, 15) is 9.59 Å². The van der Waals surface area contributed by atoms with Crippen LogP contribution in [0.5, 0.6) is 0 Å². The topological polar surface area (TPSA) is 105 Å². The first-order chi connectivity index (χ1) is 14.6. The largest absolute Gasteiger partial charge is 0.384 e. The summed E-state index contributed by atoms with van der Waals surface area (Å²) in [5.41, 5.74) is 2.93. The number of carbonyl (C=O) groups is 2. The highest BCUT2D eigenvalue weighted by molar-refractivity contribution is 6.00. The summed E-state index contributed by atoms with van der Waals surface area (Å²) in [6.07, 6.45) is 5.50. The third-order valence-electron chi connectivity index (χ3n) is 4.57. The molecule has 30 heavy (non-hydrogen) atoms. The zero-order chi connectivity index (χ0) is 21.3. The van der Waals surface area contributed by atoms with E-state index in [1.54, 1.807) is 25.7 Å². The number of hydrogen-bond acceptors (Lipinski definition) is 5. The highest BCUT2D eigenvalue weighted by atomic mass is 16.5. The smallest absolute Gasteiger partial charge is 0.320 e. The molecule has 8 nitrogen and oxygen atoms in total. The van der Waals surface area contributed by atoms with E-state index < -0.39 is 0 Å². The Bertz CT molecular complexity index is 1020. The maximum Gasteiger partial charge on any atom is 0.320 e. The summed E-state index contributed by atoms with van der Waals surface area (Å²) >= 11 is 0. The van der Waals surface area contributed by atoms with Crippen molar-refractivity contribution in [3.8, 4) is 11.1 Å². The van der Waals surface area contributed by atoms with Crippen LogP contribution in [0.25, 0.3) is 21.9 Å². The van der Waals surface area contributed by atoms with Gasteiger partial charge in [0.2, 0.25) is 5.91 Å². The normalized spacial score (nSPS) is 10.6. The van der Waals surface area contributed by atoms with Crippen LogP contribution in [0.1, 0.15) is 18.9 Å². The van der Waals surface area contributed by atoms with E-state index in [-0.39, 0.29) is 11.9 Å². The number of carbonyl (C=O) groups excluding carboxylic acids is 2. The Morgan fingerprint density at radius 1 is 1.07 bits per heavy atom. The molecule has 3 N–H and O–H groups in total. The van der Waals surface area contributed by atoms with Gasteiger partial charge in [0.15, 0.2) is 0 Å². The van der Waals surface area contributed by atoms with Crippen LogP contribution in [0.15, 0.2) is 48.9 Å². The highest BCUT2D eigenvalue weighted by Gasteiger charge is 2.12. The molecular weight excluding hydrogens is 382 g/mol. The van der Waals surface area contributed by atoms with Crippen molar-refractivity contribution in [1.82, 2.24) is 20.6 Å². The van der Waals surface area contributed by atoms with Crippen LogP contribution in [0.4, 0.5) is 10.6 Å². The molecule has 3 aromatic rings. The van der Waals surface area contributed by atoms with Crippen LogP contribution >= 0.6 is 0 Å². The Balaban J connectivity index is 1.97. The maximum absolute atomic E-state index is 12.0. The molecule has 0 saturated carbocycles. The molecular formula is C22H25N5O3. The molecule has 0 aliphatic heterocycles. The van der Waals surface area contributed by atoms with Crippen LogP contribution in [0.3, 0.4) is 0 Å². The van der Waals surface area contributed by atoms with Crippen molar-refractivity contribution < 1.29 is 14.3 Å². The summed E-state index contributed by atoms with van der Waals surface area (Å²) in [5.74, 6) is 0.371. The molecule has 0 atom stereocenters. The van der Waals surface area contributed by atoms with Crippen molar-refractivity contribution in [2.45, 2.75) is 19.9 Å². The number of hydrogen-bond donors (Lipinski definition) is 3. The summed E-state index contributed by atoms with van der Waals surface area (Å²) in [7, 11) is 1.57. The molecule has 0 fully saturated rings. The predicted octanol–water partition coefficient (Wildman–Crippen LogP) is 3.09. The van der Waals surface area contributed by atoms with Crippen LogP contribution in [0.2, 0.25) is 0 Å². The molecule has 3 amide bonds. The van der Waals surface area contributed by atoms with Gasteiger partial charge in [0.25, 0.3) is 0 Å². The Labute approximate surface area is 175 Å². The van der Waals surface area contributed by atoms with Gasteiger partial charge in [-0.1, -0.05) is 12.1 Å². The van der Waals surface area contributed by atoms with E-state index >= 15 is 0 Å². The van der Waals surface area contributed by atoms with E-state index in [0.29, 0.717) is 31.9 Å². The van der Waals surface area contributed by atoms with Gasteiger partial charge in [-0.25, -0.2) is 9.78 Å². The molecule has 0 aliphatic carbocycles. The van der Waals surface area contributed by atoms with Gasteiger partial charge in [0, 0.05) is 50.6 Å². The summed E-state index contributed by atoms with van der Waals surface area (Å²) in [6.45, 7) is 3.13. The third kappa shape index (κ3) is 5.30. The Morgan fingerprint density at radius 2 is 1.87 bits per heavy atom. The second-order valence-electron chi connectivity index (χ2n) is 6.63. The monoisotopic (exact) mass is 407 g/mol. The molecule has 0 unspecified atom stereocenters. The zero-order valence-electron chi connectivity index (χ0n) is 17.1. The minimum Gasteiger partial charge on any atom is -0.384 e. The number of aromatic nitrogens is 2. The van der Waals surface area contributed by atoms with Gasteiger partial charge in [-0.05, 0) is 47.2 Å². The molecule has 0 radical (unpaired) electrons. The van der Waals surface area contributed by atoms with Crippen LogP contribution in [-0.4, -0.2) is 42.2 Å². The number of amides is 3. The number of rotatable bonds is 8. The lowest BCUT2D eigenvalue weighted by atomic mass is 9.96. The standard InChI is InChI=1S/C22H25N5O3/c1-3-24-22(29)27-20-12-18-17(15-6-9-23-10-7-15)5-4-16(19(18)14-25-20)13-26-21(28)8-11-30-2/h4-7,9-10,12,14H,3,8,11,13H2,1-2H3,(H,26,28)(H2,24,25,27,29). The first-order valence-corrected chi connectivity index (χ1v) is 9.75. The molecule has 0 aliphatic rings. The fraction of sp³-hybridized carbons (Fsp3) is 0.273. The van der Waals surface area contributed by atoms with Gasteiger partial charge in [-0.3, -0.25) is 15.1 Å². The van der Waals surface area contributed by atoms with E-state index in [4.69, 9.17) is 4.74 Å². The zero-order valence-corrected chi connectivity index (χ0v) is 17.1. The van der Waals surface area contributed by atoms with E-state index in [1.807, 2.05) is 37.3 Å². The fourth-order valence-corrected chi connectivity index (χ4v) is 3.10. The van der Waals surface area contributed by atoms with Crippen molar-refractivity contribution in [2.75, 3.05) is 25.6 Å². The van der Waals surface area contributed by atoms with Crippen molar-refractivity contribution in [3.63, 3.8) is 0 Å². The molecule has 0 saturated heterocycles. The lowest BCUT2D eigenvalue weighted by Gasteiger charge is -2.14. The lowest BCUT2D eigenvalue weighted by molar-refractivity contribution is -0.122. The average molecular weight is 407 g/mol. The number of anilines is 1. The van der Waals surface area contributed by atoms with Crippen molar-refractivity contribution in [3.05, 3.63) is 54.5 Å². The first-order valence-electron chi connectivity index (χ1n) is 9.75. The Hall–Kier alpha value is -3.52.